The number of hydrogen-bond acceptors (Lipinski definition) is 11. The van der Waals surface area contributed by atoms with E-state index in [9.17, 15) is 35.1 Å². The topological polar surface area (TPSA) is 160 Å². The highest BCUT2D eigenvalue weighted by Gasteiger charge is 2.45. The Hall–Kier alpha value is -2.58. The van der Waals surface area contributed by atoms with Gasteiger partial charge in [0.1, 0.15) is 28.4 Å². The Morgan fingerprint density at radius 3 is 2.61 bits per heavy atom. The Labute approximate surface area is 256 Å². The molecule has 0 aliphatic carbocycles. The maximum absolute atomic E-state index is 13.3. The number of benzene rings is 1. The number of piperidine rings is 1. The molecule has 2 atom stereocenters. The summed E-state index contributed by atoms with van der Waals surface area (Å²) in [5.41, 5.74) is -0.607. The van der Waals surface area contributed by atoms with Crippen molar-refractivity contribution in [1.29, 1.82) is 0 Å². The number of rotatable bonds is 11. The van der Waals surface area contributed by atoms with Crippen LogP contribution >= 0.6 is 11.3 Å². The van der Waals surface area contributed by atoms with E-state index in [-0.39, 0.29) is 52.0 Å². The molecule has 3 aromatic rings. The van der Waals surface area contributed by atoms with Crippen molar-refractivity contribution >= 4 is 31.4 Å². The minimum atomic E-state index is -4.69. The summed E-state index contributed by atoms with van der Waals surface area (Å²) in [5.74, 6) is -0.956. The molecule has 0 bridgehead atoms. The number of halogens is 3. The van der Waals surface area contributed by atoms with E-state index in [0.29, 0.717) is 31.6 Å². The number of sulfonamides is 2. The van der Waals surface area contributed by atoms with Gasteiger partial charge >= 0.3 is 6.18 Å². The third-order valence-electron chi connectivity index (χ3n) is 7.53. The first kappa shape index (κ1) is 32.8. The number of hydrogen-bond donors (Lipinski definition) is 3. The fourth-order valence-electron chi connectivity index (χ4n) is 5.11. The predicted octanol–water partition coefficient (Wildman–Crippen LogP) is 2.67. The molecule has 2 fully saturated rings. The lowest BCUT2D eigenvalue weighted by atomic mass is 9.88. The van der Waals surface area contributed by atoms with Gasteiger partial charge in [-0.2, -0.15) is 17.5 Å². The van der Waals surface area contributed by atoms with E-state index in [4.69, 9.17) is 9.47 Å². The van der Waals surface area contributed by atoms with E-state index in [1.807, 2.05) is 0 Å². The minimum Gasteiger partial charge on any atom is -0.491 e. The van der Waals surface area contributed by atoms with E-state index in [2.05, 4.69) is 19.7 Å². The first-order valence-electron chi connectivity index (χ1n) is 13.6. The number of nitrogens with one attached hydrogen (secondary N) is 2. The second kappa shape index (κ2) is 12.7. The van der Waals surface area contributed by atoms with Gasteiger partial charge in [-0.05, 0) is 50.6 Å². The fourth-order valence-corrected chi connectivity index (χ4v) is 8.73. The van der Waals surface area contributed by atoms with Gasteiger partial charge in [0.25, 0.3) is 10.0 Å². The molecule has 2 saturated heterocycles. The van der Waals surface area contributed by atoms with Crippen molar-refractivity contribution < 1.29 is 49.1 Å². The number of ether oxygens (including phenoxy) is 2. The molecule has 1 spiro atoms. The Morgan fingerprint density at radius 2 is 1.93 bits per heavy atom. The highest BCUT2D eigenvalue weighted by atomic mass is 32.2. The van der Waals surface area contributed by atoms with Crippen molar-refractivity contribution in [2.45, 2.75) is 52.3 Å². The molecule has 12 nitrogen and oxygen atoms in total. The van der Waals surface area contributed by atoms with Gasteiger partial charge in [-0.1, -0.05) is 11.2 Å². The molecule has 2 aromatic heterocycles. The molecule has 2 aliphatic rings. The lowest BCUT2D eigenvalue weighted by Gasteiger charge is -2.37. The van der Waals surface area contributed by atoms with Gasteiger partial charge in [-0.15, -0.1) is 11.3 Å². The van der Waals surface area contributed by atoms with Crippen LogP contribution in [0, 0.1) is 0 Å². The summed E-state index contributed by atoms with van der Waals surface area (Å²) in [7, 11) is -6.19. The fraction of sp³-hybridized carbons (Fsp3) is 0.500. The second-order valence-corrected chi connectivity index (χ2v) is 15.7. The molecule has 242 valence electrons. The smallest absolute Gasteiger partial charge is 0.452 e. The number of aliphatic hydroxyl groups is 1. The van der Waals surface area contributed by atoms with Crippen LogP contribution in [-0.2, 0) is 31.0 Å². The maximum atomic E-state index is 13.3. The second-order valence-electron chi connectivity index (χ2n) is 10.5. The highest BCUT2D eigenvalue weighted by molar-refractivity contribution is 7.91. The summed E-state index contributed by atoms with van der Waals surface area (Å²) >= 11 is 0.825. The molecule has 2 aliphatic heterocycles. The Balaban J connectivity index is 1.09. The summed E-state index contributed by atoms with van der Waals surface area (Å²) in [6, 6.07) is 9.36. The molecule has 44 heavy (non-hydrogen) atoms. The van der Waals surface area contributed by atoms with Crippen LogP contribution in [0.4, 0.5) is 13.2 Å². The van der Waals surface area contributed by atoms with Crippen molar-refractivity contribution in [2.75, 3.05) is 39.9 Å². The van der Waals surface area contributed by atoms with E-state index in [1.165, 1.54) is 35.6 Å². The van der Waals surface area contributed by atoms with Gasteiger partial charge < -0.3 is 24.4 Å². The average Bonchev–Trinajstić information content (AvgIpc) is 3.76. The van der Waals surface area contributed by atoms with Gasteiger partial charge in [0.15, 0.2) is 0 Å². The van der Waals surface area contributed by atoms with E-state index in [0.717, 1.165) is 17.4 Å². The van der Waals surface area contributed by atoms with Gasteiger partial charge in [0.2, 0.25) is 15.8 Å². The Bertz CT molecular complexity index is 1670. The first-order valence-corrected chi connectivity index (χ1v) is 17.3. The van der Waals surface area contributed by atoms with Crippen LogP contribution in [0.5, 0.6) is 5.75 Å². The molecule has 5 rings (SSSR count). The summed E-state index contributed by atoms with van der Waals surface area (Å²) in [4.78, 5) is 0.291. The molecule has 0 radical (unpaired) electrons. The zero-order valence-corrected chi connectivity index (χ0v) is 25.9. The molecule has 4 heterocycles. The number of nitrogens with zero attached hydrogens (tertiary/aromatic N) is 2. The van der Waals surface area contributed by atoms with Gasteiger partial charge in [0.05, 0.1) is 22.0 Å². The van der Waals surface area contributed by atoms with Crippen molar-refractivity contribution in [1.82, 2.24) is 19.5 Å². The lowest BCUT2D eigenvalue weighted by molar-refractivity contribution is -0.155. The molecule has 3 N–H and O–H groups in total. The minimum absolute atomic E-state index is 0.00141. The van der Waals surface area contributed by atoms with Crippen molar-refractivity contribution in [3.8, 4) is 16.3 Å². The maximum Gasteiger partial charge on any atom is 0.452 e. The third-order valence-corrected chi connectivity index (χ3v) is 12.4. The highest BCUT2D eigenvalue weighted by Crippen LogP contribution is 2.40. The molecule has 1 aromatic carbocycles. The molecular weight excluding hydrogens is 650 g/mol. The molecule has 18 heteroatoms. The number of thiophene rings is 1. The van der Waals surface area contributed by atoms with E-state index < -0.39 is 43.7 Å². The zero-order chi connectivity index (χ0) is 31.8. The zero-order valence-electron chi connectivity index (χ0n) is 23.4. The van der Waals surface area contributed by atoms with Crippen LogP contribution in [0.2, 0.25) is 0 Å². The van der Waals surface area contributed by atoms with Gasteiger partial charge in [0, 0.05) is 37.8 Å². The summed E-state index contributed by atoms with van der Waals surface area (Å²) in [6.45, 7) is 0.949. The SMILES string of the molecule is CNS(=O)(=O)c1cccc(OC[C@@H](O)CNC2COC3(CCN(S(=O)(=O)c4ccc(-c5cc(C(F)(F)F)on5)s4)CC3)C2)c1. The van der Waals surface area contributed by atoms with Gasteiger partial charge in [-0.25, -0.2) is 21.6 Å². The molecule has 0 amide bonds. The molecule has 0 saturated carbocycles. The van der Waals surface area contributed by atoms with Crippen LogP contribution in [-0.4, -0.2) is 89.0 Å². The lowest BCUT2D eigenvalue weighted by Crippen LogP contribution is -2.47. The van der Waals surface area contributed by atoms with Crippen molar-refractivity contribution in [3.63, 3.8) is 0 Å². The van der Waals surface area contributed by atoms with Crippen LogP contribution < -0.4 is 14.8 Å². The van der Waals surface area contributed by atoms with Crippen molar-refractivity contribution in [2.24, 2.45) is 0 Å². The van der Waals surface area contributed by atoms with Crippen LogP contribution in [0.25, 0.3) is 10.6 Å². The number of alkyl halides is 3. The normalized spacial score (nSPS) is 20.2. The van der Waals surface area contributed by atoms with Crippen molar-refractivity contribution in [3.05, 3.63) is 48.2 Å². The molecular formula is C26H31F3N4O8S3. The predicted molar refractivity (Wildman–Crippen MR) is 152 cm³/mol. The van der Waals surface area contributed by atoms with E-state index >= 15 is 0 Å². The largest absolute Gasteiger partial charge is 0.491 e. The summed E-state index contributed by atoms with van der Waals surface area (Å²) in [5, 5.41) is 17.1. The monoisotopic (exact) mass is 680 g/mol. The van der Waals surface area contributed by atoms with Gasteiger partial charge in [-0.3, -0.25) is 0 Å². The standard InChI is InChI=1S/C26H31F3N4O8S3/c1-30-43(35,36)20-4-2-3-19(11-20)39-16-18(34)14-31-17-13-25(40-15-17)7-9-33(10-8-25)44(37,38)24-6-5-22(42-24)21-12-23(41-32-21)26(27,28)29/h2-6,11-12,17-18,30-31,34H,7-10,13-16H2,1H3/t17?,18-/m0/s1. The van der Waals surface area contributed by atoms with E-state index in [1.54, 1.807) is 12.1 Å². The average molecular weight is 681 g/mol. The summed E-state index contributed by atoms with van der Waals surface area (Å²) < 4.78 is 109. The number of aromatic nitrogens is 1. The first-order chi connectivity index (χ1) is 20.7. The Kier molecular flexibility index (Phi) is 9.44. The Morgan fingerprint density at radius 1 is 1.18 bits per heavy atom. The molecule has 1 unspecified atom stereocenters. The third kappa shape index (κ3) is 7.28. The van der Waals surface area contributed by atoms with Crippen LogP contribution in [0.3, 0.4) is 0 Å². The quantitative estimate of drug-likeness (QED) is 0.275. The van der Waals surface area contributed by atoms with Crippen LogP contribution in [0.15, 0.2) is 56.1 Å². The summed E-state index contributed by atoms with van der Waals surface area (Å²) in [6.07, 6.45) is -4.04. The van der Waals surface area contributed by atoms with Crippen LogP contribution in [0.1, 0.15) is 25.0 Å². The number of aliphatic hydroxyl groups excluding tert-OH is 1.